The average molecular weight is 521 g/mol. The maximum absolute atomic E-state index is 6.53. The zero-order chi connectivity index (χ0) is 24.6. The Morgan fingerprint density at radius 2 is 2.03 bits per heavy atom. The third kappa shape index (κ3) is 7.61. The van der Waals surface area contributed by atoms with Gasteiger partial charge < -0.3 is 20.1 Å². The lowest BCUT2D eigenvalue weighted by atomic mass is 9.93. The maximum Gasteiger partial charge on any atom is 0.152 e. The highest BCUT2D eigenvalue weighted by molar-refractivity contribution is 6.36. The molecule has 35 heavy (non-hydrogen) atoms. The number of methoxy groups -OCH3 is 1. The topological polar surface area (TPSA) is 80.7 Å². The van der Waals surface area contributed by atoms with Crippen LogP contribution in [0.4, 0.5) is 11.6 Å². The molecule has 2 atom stereocenters. The number of nitrogens with zero attached hydrogens (tertiary/aromatic N) is 3. The highest BCUT2D eigenvalue weighted by atomic mass is 35.5. The van der Waals surface area contributed by atoms with E-state index in [2.05, 4.69) is 22.5 Å². The molecule has 1 aliphatic carbocycles. The van der Waals surface area contributed by atoms with Gasteiger partial charge in [0.15, 0.2) is 5.82 Å². The summed E-state index contributed by atoms with van der Waals surface area (Å²) < 4.78 is 10.8. The normalized spacial score (nSPS) is 21.5. The van der Waals surface area contributed by atoms with Crippen molar-refractivity contribution in [3.8, 4) is 11.3 Å². The molecule has 9 heteroatoms. The standard InChI is InChI=1S/C26H35Cl2N5O2/c1-17(15-34-2)31-19-5-7-20(8-6-19)32-25-12-21(23(28)14-30-25)26-22(27)9-10-24(33-26)29-13-18-4-3-11-35-16-18/h9-10,12,14,17-19,31H,3-8,11,13,15-16H2,1-2H3,(H,29,33). The van der Waals surface area contributed by atoms with Crippen LogP contribution in [0.15, 0.2) is 29.4 Å². The van der Waals surface area contributed by atoms with E-state index in [1.807, 2.05) is 18.2 Å². The van der Waals surface area contributed by atoms with Crippen LogP contribution in [0.3, 0.4) is 0 Å². The number of hydrogen-bond donors (Lipinski definition) is 2. The minimum absolute atomic E-state index is 0.350. The molecule has 2 N–H and O–H groups in total. The summed E-state index contributed by atoms with van der Waals surface area (Å²) in [5.41, 5.74) is 2.53. The minimum Gasteiger partial charge on any atom is -0.383 e. The van der Waals surface area contributed by atoms with Crippen molar-refractivity contribution in [2.24, 2.45) is 10.9 Å². The van der Waals surface area contributed by atoms with Gasteiger partial charge >= 0.3 is 0 Å². The Labute approximate surface area is 218 Å². The molecule has 0 spiro atoms. The first kappa shape index (κ1) is 26.3. The van der Waals surface area contributed by atoms with Crippen LogP contribution in [-0.4, -0.2) is 61.2 Å². The molecule has 1 aliphatic heterocycles. The van der Waals surface area contributed by atoms with Crippen molar-refractivity contribution in [3.63, 3.8) is 0 Å². The molecule has 7 nitrogen and oxygen atoms in total. The van der Waals surface area contributed by atoms with Gasteiger partial charge in [0.05, 0.1) is 29.0 Å². The third-order valence-electron chi connectivity index (χ3n) is 6.54. The Balaban J connectivity index is 1.43. The predicted molar refractivity (Wildman–Crippen MR) is 143 cm³/mol. The van der Waals surface area contributed by atoms with Crippen molar-refractivity contribution >= 4 is 40.5 Å². The van der Waals surface area contributed by atoms with Gasteiger partial charge in [-0.15, -0.1) is 0 Å². The second-order valence-corrected chi connectivity index (χ2v) is 10.3. The monoisotopic (exact) mass is 519 g/mol. The van der Waals surface area contributed by atoms with Crippen LogP contribution in [0.25, 0.3) is 11.3 Å². The Morgan fingerprint density at radius 1 is 1.20 bits per heavy atom. The van der Waals surface area contributed by atoms with E-state index >= 15 is 0 Å². The second kappa shape index (κ2) is 13.0. The number of rotatable bonds is 9. The van der Waals surface area contributed by atoms with Gasteiger partial charge in [0.1, 0.15) is 5.82 Å². The lowest BCUT2D eigenvalue weighted by Crippen LogP contribution is -2.41. The van der Waals surface area contributed by atoms with E-state index < -0.39 is 0 Å². The number of pyridine rings is 2. The van der Waals surface area contributed by atoms with Gasteiger partial charge in [0.2, 0.25) is 0 Å². The first-order valence-corrected chi connectivity index (χ1v) is 13.2. The molecular formula is C26H35Cl2N5O2. The van der Waals surface area contributed by atoms with Crippen molar-refractivity contribution < 1.29 is 9.47 Å². The summed E-state index contributed by atoms with van der Waals surface area (Å²) in [4.78, 5) is 14.1. The zero-order valence-corrected chi connectivity index (χ0v) is 22.0. The van der Waals surface area contributed by atoms with E-state index in [0.717, 1.165) is 82.0 Å². The van der Waals surface area contributed by atoms with Crippen LogP contribution < -0.4 is 10.6 Å². The summed E-state index contributed by atoms with van der Waals surface area (Å²) in [5.74, 6) is 1.89. The predicted octanol–water partition coefficient (Wildman–Crippen LogP) is 5.93. The largest absolute Gasteiger partial charge is 0.383 e. The van der Waals surface area contributed by atoms with E-state index in [9.17, 15) is 0 Å². The third-order valence-corrected chi connectivity index (χ3v) is 7.15. The summed E-state index contributed by atoms with van der Waals surface area (Å²) in [6.45, 7) is 5.34. The van der Waals surface area contributed by atoms with E-state index in [4.69, 9.17) is 42.7 Å². The van der Waals surface area contributed by atoms with Crippen LogP contribution in [0.1, 0.15) is 45.4 Å². The molecule has 1 saturated heterocycles. The molecule has 4 rings (SSSR count). The molecule has 2 fully saturated rings. The Kier molecular flexibility index (Phi) is 9.75. The molecule has 2 aliphatic rings. The van der Waals surface area contributed by atoms with Crippen molar-refractivity contribution in [2.45, 2.75) is 57.5 Å². The van der Waals surface area contributed by atoms with E-state index in [-0.39, 0.29) is 0 Å². The summed E-state index contributed by atoms with van der Waals surface area (Å²) in [5, 5.41) is 8.11. The van der Waals surface area contributed by atoms with Crippen LogP contribution in [0.2, 0.25) is 10.0 Å². The first-order valence-electron chi connectivity index (χ1n) is 12.5. The highest BCUT2D eigenvalue weighted by Crippen LogP contribution is 2.35. The van der Waals surface area contributed by atoms with Crippen LogP contribution >= 0.6 is 23.2 Å². The fraction of sp³-hybridized carbons (Fsp3) is 0.577. The van der Waals surface area contributed by atoms with Gasteiger partial charge in [0, 0.05) is 49.8 Å². The molecule has 0 aromatic carbocycles. The molecular weight excluding hydrogens is 485 g/mol. The smallest absolute Gasteiger partial charge is 0.152 e. The van der Waals surface area contributed by atoms with Crippen molar-refractivity contribution in [1.82, 2.24) is 15.3 Å². The number of halogens is 2. The fourth-order valence-corrected chi connectivity index (χ4v) is 5.11. The minimum atomic E-state index is 0.350. The van der Waals surface area contributed by atoms with Crippen molar-refractivity contribution in [3.05, 3.63) is 34.4 Å². The van der Waals surface area contributed by atoms with Gasteiger partial charge in [-0.3, -0.25) is 0 Å². The Bertz CT molecular complexity index is 1000. The van der Waals surface area contributed by atoms with Gasteiger partial charge in [-0.05, 0) is 69.6 Å². The van der Waals surface area contributed by atoms with E-state index in [1.165, 1.54) is 0 Å². The van der Waals surface area contributed by atoms with Gasteiger partial charge in [-0.1, -0.05) is 23.2 Å². The highest BCUT2D eigenvalue weighted by Gasteiger charge is 2.20. The van der Waals surface area contributed by atoms with Crippen LogP contribution in [0, 0.1) is 5.92 Å². The van der Waals surface area contributed by atoms with Gasteiger partial charge in [-0.2, -0.15) is 0 Å². The van der Waals surface area contributed by atoms with Gasteiger partial charge in [-0.25, -0.2) is 15.0 Å². The number of aliphatic imine (C=N–C) groups is 1. The summed E-state index contributed by atoms with van der Waals surface area (Å²) in [6, 6.07) is 6.47. The number of ether oxygens (including phenoxy) is 2. The molecule has 3 heterocycles. The molecule has 2 aromatic rings. The number of nitrogens with one attached hydrogen (secondary N) is 2. The SMILES string of the molecule is COCC(C)NC1CCC(=Nc2cc(-c3nc(NCC4CCCOC4)ccc3Cl)c(Cl)cn2)CC1. The van der Waals surface area contributed by atoms with E-state index in [1.54, 1.807) is 13.3 Å². The number of anilines is 1. The number of aromatic nitrogens is 2. The van der Waals surface area contributed by atoms with E-state index in [0.29, 0.717) is 39.6 Å². The number of hydrogen-bond acceptors (Lipinski definition) is 7. The quantitative estimate of drug-likeness (QED) is 0.427. The zero-order valence-electron chi connectivity index (χ0n) is 20.5. The lowest BCUT2D eigenvalue weighted by molar-refractivity contribution is 0.0595. The lowest BCUT2D eigenvalue weighted by Gasteiger charge is -2.27. The summed E-state index contributed by atoms with van der Waals surface area (Å²) in [6.07, 6.45) is 7.90. The molecule has 0 amide bonds. The first-order chi connectivity index (χ1) is 17.0. The average Bonchev–Trinajstić information content (AvgIpc) is 2.87. The summed E-state index contributed by atoms with van der Waals surface area (Å²) in [7, 11) is 1.74. The maximum atomic E-state index is 6.53. The molecule has 0 bridgehead atoms. The van der Waals surface area contributed by atoms with Crippen molar-refractivity contribution in [2.75, 3.05) is 38.8 Å². The molecule has 0 radical (unpaired) electrons. The van der Waals surface area contributed by atoms with Crippen LogP contribution in [-0.2, 0) is 9.47 Å². The fourth-order valence-electron chi connectivity index (χ4n) is 4.71. The Hall–Kier alpha value is -1.77. The summed E-state index contributed by atoms with van der Waals surface area (Å²) >= 11 is 13.1. The molecule has 2 unspecified atom stereocenters. The Morgan fingerprint density at radius 3 is 2.77 bits per heavy atom. The van der Waals surface area contributed by atoms with Gasteiger partial charge in [0.25, 0.3) is 0 Å². The van der Waals surface area contributed by atoms with Crippen LogP contribution in [0.5, 0.6) is 0 Å². The molecule has 190 valence electrons. The molecule has 2 aromatic heterocycles. The van der Waals surface area contributed by atoms with Crippen molar-refractivity contribution in [1.29, 1.82) is 0 Å². The second-order valence-electron chi connectivity index (χ2n) is 9.49. The molecule has 1 saturated carbocycles.